The smallest absolute Gasteiger partial charge is 0.226 e. The Kier molecular flexibility index (Phi) is 3.35. The average molecular weight is 324 g/mol. The van der Waals surface area contributed by atoms with Crippen molar-refractivity contribution in [3.05, 3.63) is 48.5 Å². The van der Waals surface area contributed by atoms with E-state index in [1.807, 2.05) is 24.3 Å². The minimum atomic E-state index is 0.345. The monoisotopic (exact) mass is 324 g/mol. The summed E-state index contributed by atoms with van der Waals surface area (Å²) in [5, 5.41) is 3.88. The van der Waals surface area contributed by atoms with E-state index in [1.54, 1.807) is 18.7 Å². The van der Waals surface area contributed by atoms with E-state index in [2.05, 4.69) is 25.3 Å². The fraction of sp³-hybridized carbons (Fsp3) is 0.0667. The lowest BCUT2D eigenvalue weighted by atomic mass is 10.3. The highest BCUT2D eigenvalue weighted by atomic mass is 32.1. The quantitative estimate of drug-likeness (QED) is 0.595. The predicted octanol–water partition coefficient (Wildman–Crippen LogP) is 2.94. The Morgan fingerprint density at radius 3 is 2.91 bits per heavy atom. The van der Waals surface area contributed by atoms with Crippen LogP contribution < -0.4 is 11.1 Å². The molecule has 23 heavy (non-hydrogen) atoms. The summed E-state index contributed by atoms with van der Waals surface area (Å²) in [5.74, 6) is 1.50. The van der Waals surface area contributed by atoms with Crippen LogP contribution in [0.3, 0.4) is 0 Å². The first kappa shape index (κ1) is 13.6. The second-order valence-corrected chi connectivity index (χ2v) is 5.77. The van der Waals surface area contributed by atoms with Crippen molar-refractivity contribution in [1.29, 1.82) is 0 Å². The van der Waals surface area contributed by atoms with E-state index < -0.39 is 0 Å². The predicted molar refractivity (Wildman–Crippen MR) is 88.9 cm³/mol. The van der Waals surface area contributed by atoms with E-state index in [1.165, 1.54) is 11.3 Å². The van der Waals surface area contributed by atoms with Crippen LogP contribution in [0, 0.1) is 0 Å². The van der Waals surface area contributed by atoms with Gasteiger partial charge in [-0.1, -0.05) is 17.4 Å². The number of thiazole rings is 1. The van der Waals surface area contributed by atoms with Crippen LogP contribution in [0.2, 0.25) is 0 Å². The van der Waals surface area contributed by atoms with Crippen molar-refractivity contribution in [2.24, 2.45) is 0 Å². The second kappa shape index (κ2) is 5.65. The summed E-state index contributed by atoms with van der Waals surface area (Å²) in [6.45, 7) is 0.572. The third-order valence-corrected chi connectivity index (χ3v) is 4.15. The molecule has 0 spiro atoms. The van der Waals surface area contributed by atoms with Crippen LogP contribution in [0.4, 0.5) is 11.8 Å². The minimum Gasteiger partial charge on any atom is -0.462 e. The number of aromatic nitrogens is 4. The Bertz CT molecular complexity index is 935. The van der Waals surface area contributed by atoms with Gasteiger partial charge in [0.25, 0.3) is 0 Å². The molecule has 4 rings (SSSR count). The average Bonchev–Trinajstić information content (AvgIpc) is 3.23. The van der Waals surface area contributed by atoms with Crippen LogP contribution in [0.25, 0.3) is 21.1 Å². The van der Waals surface area contributed by atoms with Gasteiger partial charge in [0.1, 0.15) is 5.52 Å². The number of nitrogens with zero attached hydrogens (tertiary/aromatic N) is 4. The molecule has 4 heterocycles. The molecule has 0 saturated heterocycles. The zero-order valence-electron chi connectivity index (χ0n) is 11.9. The number of rotatable bonds is 4. The molecule has 0 aliphatic rings. The van der Waals surface area contributed by atoms with Crippen LogP contribution in [0.5, 0.6) is 0 Å². The highest BCUT2D eigenvalue weighted by molar-refractivity contribution is 7.21. The van der Waals surface area contributed by atoms with E-state index in [-0.39, 0.29) is 0 Å². The summed E-state index contributed by atoms with van der Waals surface area (Å²) in [6.07, 6.45) is 5.13. The molecule has 0 radical (unpaired) electrons. The second-order valence-electron chi connectivity index (χ2n) is 4.80. The largest absolute Gasteiger partial charge is 0.462 e. The van der Waals surface area contributed by atoms with Crippen LogP contribution in [-0.4, -0.2) is 19.9 Å². The van der Waals surface area contributed by atoms with Crippen LogP contribution in [0.15, 0.2) is 47.3 Å². The van der Waals surface area contributed by atoms with Crippen molar-refractivity contribution < 1.29 is 4.42 Å². The number of fused-ring (bicyclic) bond motifs is 1. The Labute approximate surface area is 135 Å². The van der Waals surface area contributed by atoms with Crippen molar-refractivity contribution in [3.8, 4) is 10.8 Å². The lowest BCUT2D eigenvalue weighted by Crippen LogP contribution is -2.05. The molecule has 0 bridgehead atoms. The Hall–Kier alpha value is -3.00. The first-order valence-corrected chi connectivity index (χ1v) is 7.72. The summed E-state index contributed by atoms with van der Waals surface area (Å²) in [4.78, 5) is 18.0. The van der Waals surface area contributed by atoms with Gasteiger partial charge in [0, 0.05) is 18.9 Å². The third-order valence-electron chi connectivity index (χ3n) is 3.19. The van der Waals surface area contributed by atoms with Gasteiger partial charge in [-0.05, 0) is 23.8 Å². The van der Waals surface area contributed by atoms with Crippen LogP contribution in [0.1, 0.15) is 5.56 Å². The zero-order chi connectivity index (χ0) is 15.6. The van der Waals surface area contributed by atoms with Gasteiger partial charge < -0.3 is 15.5 Å². The van der Waals surface area contributed by atoms with Gasteiger partial charge >= 0.3 is 0 Å². The summed E-state index contributed by atoms with van der Waals surface area (Å²) >= 11 is 1.42. The highest BCUT2D eigenvalue weighted by Gasteiger charge is 2.14. The molecule has 0 aliphatic carbocycles. The standard InChI is InChI=1S/C15H12N6OS/c16-12-11-14(23-13(19-11)10-4-2-6-22-10)21-15(20-12)18-8-9-3-1-5-17-7-9/h1-7H,8H2,(H3,16,18,20,21). The van der Waals surface area contributed by atoms with Gasteiger partial charge in [-0.15, -0.1) is 0 Å². The maximum atomic E-state index is 6.00. The molecule has 0 saturated carbocycles. The Morgan fingerprint density at radius 1 is 1.17 bits per heavy atom. The molecule has 0 fully saturated rings. The number of nitrogens with one attached hydrogen (secondary N) is 1. The van der Waals surface area contributed by atoms with Crippen molar-refractivity contribution in [2.75, 3.05) is 11.1 Å². The zero-order valence-corrected chi connectivity index (χ0v) is 12.7. The van der Waals surface area contributed by atoms with Crippen molar-refractivity contribution in [1.82, 2.24) is 19.9 Å². The molecule has 0 amide bonds. The maximum absolute atomic E-state index is 6.00. The van der Waals surface area contributed by atoms with Crippen molar-refractivity contribution in [2.45, 2.75) is 6.54 Å². The molecule has 0 aromatic carbocycles. The topological polar surface area (TPSA) is 103 Å². The van der Waals surface area contributed by atoms with Crippen LogP contribution >= 0.6 is 11.3 Å². The molecule has 4 aromatic rings. The highest BCUT2D eigenvalue weighted by Crippen LogP contribution is 2.31. The minimum absolute atomic E-state index is 0.345. The van der Waals surface area contributed by atoms with Gasteiger partial charge in [0.15, 0.2) is 21.4 Å². The Balaban J connectivity index is 1.64. The summed E-state index contributed by atoms with van der Waals surface area (Å²) in [7, 11) is 0. The van der Waals surface area contributed by atoms with E-state index in [0.717, 1.165) is 15.4 Å². The van der Waals surface area contributed by atoms with Gasteiger partial charge in [-0.2, -0.15) is 4.98 Å². The molecule has 4 aromatic heterocycles. The lowest BCUT2D eigenvalue weighted by molar-refractivity contribution is 0.582. The normalized spacial score (nSPS) is 11.0. The maximum Gasteiger partial charge on any atom is 0.226 e. The first-order valence-electron chi connectivity index (χ1n) is 6.90. The number of anilines is 2. The summed E-state index contributed by atoms with van der Waals surface area (Å²) in [5.41, 5.74) is 7.63. The molecule has 3 N–H and O–H groups in total. The van der Waals surface area contributed by atoms with E-state index in [9.17, 15) is 0 Å². The first-order chi connectivity index (χ1) is 11.3. The van der Waals surface area contributed by atoms with Gasteiger partial charge in [-0.25, -0.2) is 9.97 Å². The molecule has 0 atom stereocenters. The van der Waals surface area contributed by atoms with Crippen molar-refractivity contribution in [3.63, 3.8) is 0 Å². The SMILES string of the molecule is Nc1nc(NCc2cccnc2)nc2sc(-c3ccco3)nc12. The van der Waals surface area contributed by atoms with Gasteiger partial charge in [0.2, 0.25) is 5.95 Å². The molecular weight excluding hydrogens is 312 g/mol. The fourth-order valence-electron chi connectivity index (χ4n) is 2.11. The number of furan rings is 1. The number of hydrogen-bond donors (Lipinski definition) is 2. The number of hydrogen-bond acceptors (Lipinski definition) is 8. The van der Waals surface area contributed by atoms with Gasteiger partial charge in [0.05, 0.1) is 6.26 Å². The van der Waals surface area contributed by atoms with E-state index >= 15 is 0 Å². The molecule has 0 aliphatic heterocycles. The van der Waals surface area contributed by atoms with E-state index in [4.69, 9.17) is 10.2 Å². The van der Waals surface area contributed by atoms with Crippen LogP contribution in [-0.2, 0) is 6.54 Å². The number of nitrogens with two attached hydrogens (primary N) is 1. The third kappa shape index (κ3) is 2.71. The van der Waals surface area contributed by atoms with Gasteiger partial charge in [-0.3, -0.25) is 4.98 Å². The molecule has 7 nitrogen and oxygen atoms in total. The molecule has 8 heteroatoms. The number of pyridine rings is 1. The molecule has 114 valence electrons. The number of nitrogen functional groups attached to an aromatic ring is 1. The van der Waals surface area contributed by atoms with Crippen molar-refractivity contribution >= 4 is 33.5 Å². The summed E-state index contributed by atoms with van der Waals surface area (Å²) < 4.78 is 5.36. The van der Waals surface area contributed by atoms with E-state index in [0.29, 0.717) is 29.6 Å². The molecular formula is C15H12N6OS. The molecule has 0 unspecified atom stereocenters. The fourth-order valence-corrected chi connectivity index (χ4v) is 3.03. The lowest BCUT2D eigenvalue weighted by Gasteiger charge is -2.05. The summed E-state index contributed by atoms with van der Waals surface area (Å²) in [6, 6.07) is 7.53. The Morgan fingerprint density at radius 2 is 2.13 bits per heavy atom.